The van der Waals surface area contributed by atoms with Gasteiger partial charge in [0.1, 0.15) is 11.5 Å². The van der Waals surface area contributed by atoms with E-state index in [-0.39, 0.29) is 5.91 Å². The Kier molecular flexibility index (Phi) is 4.86. The predicted octanol–water partition coefficient (Wildman–Crippen LogP) is 3.78. The summed E-state index contributed by atoms with van der Waals surface area (Å²) in [5.74, 6) is 0.497. The summed E-state index contributed by atoms with van der Waals surface area (Å²) in [6.07, 6.45) is 9.37. The van der Waals surface area contributed by atoms with E-state index in [1.165, 1.54) is 38.3 Å². The maximum atomic E-state index is 12.2. The predicted molar refractivity (Wildman–Crippen MR) is 91.7 cm³/mol. The molecule has 0 aliphatic heterocycles. The lowest BCUT2D eigenvalue weighted by Gasteiger charge is -2.23. The van der Waals surface area contributed by atoms with Crippen molar-refractivity contribution in [2.45, 2.75) is 45.1 Å². The van der Waals surface area contributed by atoms with Gasteiger partial charge in [0.2, 0.25) is 0 Å². The average Bonchev–Trinajstić information content (AvgIpc) is 2.56. The molecule has 5 heteroatoms. The monoisotopic (exact) mass is 310 g/mol. The van der Waals surface area contributed by atoms with Gasteiger partial charge in [-0.1, -0.05) is 31.4 Å². The lowest BCUT2D eigenvalue weighted by molar-refractivity contribution is 0.102. The van der Waals surface area contributed by atoms with Crippen molar-refractivity contribution in [1.29, 1.82) is 0 Å². The minimum absolute atomic E-state index is 0.243. The molecule has 1 aromatic carbocycles. The van der Waals surface area contributed by atoms with Crippen LogP contribution in [-0.2, 0) is 0 Å². The van der Waals surface area contributed by atoms with E-state index in [1.54, 1.807) is 6.20 Å². The number of carbonyl (C=O) groups is 1. The van der Waals surface area contributed by atoms with Gasteiger partial charge in [-0.2, -0.15) is 0 Å². The van der Waals surface area contributed by atoms with Crippen LogP contribution in [0.3, 0.4) is 0 Å². The zero-order valence-electron chi connectivity index (χ0n) is 13.4. The molecule has 0 atom stereocenters. The number of aromatic nitrogens is 2. The molecule has 2 N–H and O–H groups in total. The van der Waals surface area contributed by atoms with Crippen LogP contribution in [0.5, 0.6) is 0 Å². The fraction of sp³-hybridized carbons (Fsp3) is 0.389. The molecular weight excluding hydrogens is 288 g/mol. The van der Waals surface area contributed by atoms with E-state index < -0.39 is 0 Å². The zero-order valence-corrected chi connectivity index (χ0v) is 13.4. The Hall–Kier alpha value is -2.43. The van der Waals surface area contributed by atoms with Gasteiger partial charge in [0, 0.05) is 11.7 Å². The van der Waals surface area contributed by atoms with Gasteiger partial charge in [-0.05, 0) is 37.5 Å². The van der Waals surface area contributed by atoms with Gasteiger partial charge < -0.3 is 10.6 Å². The number of amides is 1. The third-order valence-electron chi connectivity index (χ3n) is 4.12. The van der Waals surface area contributed by atoms with Gasteiger partial charge in [0.15, 0.2) is 0 Å². The zero-order chi connectivity index (χ0) is 16.1. The van der Waals surface area contributed by atoms with Crippen molar-refractivity contribution in [2.75, 3.05) is 10.6 Å². The fourth-order valence-corrected chi connectivity index (χ4v) is 2.89. The largest absolute Gasteiger partial charge is 0.366 e. The maximum Gasteiger partial charge on any atom is 0.275 e. The van der Waals surface area contributed by atoms with E-state index in [1.807, 2.05) is 31.2 Å². The van der Waals surface area contributed by atoms with E-state index in [0.29, 0.717) is 11.7 Å². The highest BCUT2D eigenvalue weighted by molar-refractivity contribution is 6.02. The molecule has 0 radical (unpaired) electrons. The molecule has 3 rings (SSSR count). The highest BCUT2D eigenvalue weighted by atomic mass is 16.1. The van der Waals surface area contributed by atoms with Crippen molar-refractivity contribution >= 4 is 17.4 Å². The molecule has 1 aliphatic carbocycles. The topological polar surface area (TPSA) is 66.9 Å². The molecule has 0 saturated heterocycles. The third kappa shape index (κ3) is 4.28. The van der Waals surface area contributed by atoms with Crippen molar-refractivity contribution in [2.24, 2.45) is 0 Å². The Balaban J connectivity index is 1.60. The molecule has 0 spiro atoms. The summed E-state index contributed by atoms with van der Waals surface area (Å²) in [7, 11) is 0. The summed E-state index contributed by atoms with van der Waals surface area (Å²) in [5, 5.41) is 6.24. The number of hydrogen-bond acceptors (Lipinski definition) is 4. The lowest BCUT2D eigenvalue weighted by atomic mass is 9.96. The number of benzene rings is 1. The van der Waals surface area contributed by atoms with Gasteiger partial charge in [-0.3, -0.25) is 4.79 Å². The van der Waals surface area contributed by atoms with Crippen LogP contribution in [0.4, 0.5) is 11.5 Å². The first kappa shape index (κ1) is 15.5. The number of rotatable bonds is 4. The molecular formula is C18H22N4O. The second-order valence-electron chi connectivity index (χ2n) is 6.09. The fourth-order valence-electron chi connectivity index (χ4n) is 2.89. The van der Waals surface area contributed by atoms with E-state index >= 15 is 0 Å². The van der Waals surface area contributed by atoms with Crippen molar-refractivity contribution in [3.05, 3.63) is 47.9 Å². The van der Waals surface area contributed by atoms with Crippen LogP contribution in [0, 0.1) is 6.92 Å². The molecule has 1 saturated carbocycles. The number of hydrogen-bond donors (Lipinski definition) is 2. The number of nitrogens with one attached hydrogen (secondary N) is 2. The molecule has 5 nitrogen and oxygen atoms in total. The first-order valence-corrected chi connectivity index (χ1v) is 8.17. The smallest absolute Gasteiger partial charge is 0.275 e. The highest BCUT2D eigenvalue weighted by Crippen LogP contribution is 2.20. The first-order chi connectivity index (χ1) is 11.2. The normalized spacial score (nSPS) is 15.2. The summed E-state index contributed by atoms with van der Waals surface area (Å²) < 4.78 is 0. The van der Waals surface area contributed by atoms with Gasteiger partial charge in [-0.25, -0.2) is 9.97 Å². The second-order valence-corrected chi connectivity index (χ2v) is 6.09. The van der Waals surface area contributed by atoms with E-state index in [0.717, 1.165) is 17.1 Å². The van der Waals surface area contributed by atoms with Gasteiger partial charge in [0.25, 0.3) is 5.91 Å². The molecule has 1 amide bonds. The maximum absolute atomic E-state index is 12.2. The Labute approximate surface area is 136 Å². The van der Waals surface area contributed by atoms with E-state index in [2.05, 4.69) is 20.6 Å². The molecule has 1 fully saturated rings. The summed E-state index contributed by atoms with van der Waals surface area (Å²) >= 11 is 0. The van der Waals surface area contributed by atoms with Gasteiger partial charge in [-0.15, -0.1) is 0 Å². The molecule has 0 unspecified atom stereocenters. The van der Waals surface area contributed by atoms with Crippen molar-refractivity contribution in [3.63, 3.8) is 0 Å². The number of nitrogens with zero attached hydrogens (tertiary/aromatic N) is 2. The summed E-state index contributed by atoms with van der Waals surface area (Å²) in [6.45, 7) is 1.99. The Bertz CT molecular complexity index is 663. The van der Waals surface area contributed by atoms with Crippen molar-refractivity contribution in [3.8, 4) is 0 Å². The van der Waals surface area contributed by atoms with Crippen molar-refractivity contribution in [1.82, 2.24) is 9.97 Å². The summed E-state index contributed by atoms with van der Waals surface area (Å²) in [5.41, 5.74) is 2.18. The van der Waals surface area contributed by atoms with Crippen LogP contribution in [0.25, 0.3) is 0 Å². The molecule has 1 aromatic heterocycles. The number of anilines is 2. The van der Waals surface area contributed by atoms with E-state index in [4.69, 9.17) is 0 Å². The quantitative estimate of drug-likeness (QED) is 0.902. The lowest BCUT2D eigenvalue weighted by Crippen LogP contribution is -2.23. The van der Waals surface area contributed by atoms with Crippen LogP contribution in [-0.4, -0.2) is 21.9 Å². The van der Waals surface area contributed by atoms with Crippen LogP contribution in [0.15, 0.2) is 36.7 Å². The molecule has 23 heavy (non-hydrogen) atoms. The van der Waals surface area contributed by atoms with Gasteiger partial charge >= 0.3 is 0 Å². The standard InChI is InChI=1S/C18H22N4O/c1-13-6-5-9-15(10-13)22-18(23)16-11-20-17(12-19-16)21-14-7-3-2-4-8-14/h5-6,9-12,14H,2-4,7-8H2,1H3,(H,20,21)(H,22,23). The summed E-state index contributed by atoms with van der Waals surface area (Å²) in [4.78, 5) is 20.7. The van der Waals surface area contributed by atoms with Gasteiger partial charge in [0.05, 0.1) is 12.4 Å². The van der Waals surface area contributed by atoms with Crippen molar-refractivity contribution < 1.29 is 4.79 Å². The minimum atomic E-state index is -0.243. The third-order valence-corrected chi connectivity index (χ3v) is 4.12. The Morgan fingerprint density at radius 3 is 2.65 bits per heavy atom. The number of carbonyl (C=O) groups excluding carboxylic acids is 1. The Morgan fingerprint density at radius 1 is 1.13 bits per heavy atom. The van der Waals surface area contributed by atoms with Crippen LogP contribution < -0.4 is 10.6 Å². The minimum Gasteiger partial charge on any atom is -0.366 e. The van der Waals surface area contributed by atoms with Crippen LogP contribution >= 0.6 is 0 Å². The molecule has 120 valence electrons. The SMILES string of the molecule is Cc1cccc(NC(=O)c2cnc(NC3CCCCC3)cn2)c1. The van der Waals surface area contributed by atoms with E-state index in [9.17, 15) is 4.79 Å². The first-order valence-electron chi connectivity index (χ1n) is 8.17. The van der Waals surface area contributed by atoms with Crippen LogP contribution in [0.2, 0.25) is 0 Å². The molecule has 0 bridgehead atoms. The summed E-state index contributed by atoms with van der Waals surface area (Å²) in [6, 6.07) is 8.15. The second kappa shape index (κ2) is 7.22. The van der Waals surface area contributed by atoms with Crippen LogP contribution in [0.1, 0.15) is 48.2 Å². The molecule has 2 aromatic rings. The molecule has 1 aliphatic rings. The molecule has 1 heterocycles. The average molecular weight is 310 g/mol. The highest BCUT2D eigenvalue weighted by Gasteiger charge is 2.14. The Morgan fingerprint density at radius 2 is 1.96 bits per heavy atom. The number of aryl methyl sites for hydroxylation is 1.